The van der Waals surface area contributed by atoms with E-state index in [0.717, 1.165) is 185 Å². The van der Waals surface area contributed by atoms with Crippen molar-refractivity contribution in [1.29, 1.82) is 0 Å². The lowest BCUT2D eigenvalue weighted by molar-refractivity contribution is -0.134. The zero-order chi connectivity index (χ0) is 59.4. The fraction of sp³-hybridized carbons (Fsp3) is 0.500. The summed E-state index contributed by atoms with van der Waals surface area (Å²) in [4.78, 5) is 82.3. The highest BCUT2D eigenvalue weighted by molar-refractivity contribution is 5.89. The van der Waals surface area contributed by atoms with Crippen molar-refractivity contribution in [1.82, 2.24) is 48.8 Å². The summed E-state index contributed by atoms with van der Waals surface area (Å²) in [6.07, 6.45) is 13.1. The minimum absolute atomic E-state index is 0.0569. The largest absolute Gasteiger partial charge is 0.478 e. The first-order chi connectivity index (χ1) is 39.1. The lowest BCUT2D eigenvalue weighted by atomic mass is 9.95. The molecule has 18 heteroatoms. The van der Waals surface area contributed by atoms with Crippen molar-refractivity contribution in [2.45, 2.75) is 145 Å². The van der Waals surface area contributed by atoms with Crippen LogP contribution in [-0.4, -0.2) is 136 Å². The number of carbonyl (C=O) groups is 2. The third-order valence-electron chi connectivity index (χ3n) is 14.5. The molecule has 2 aromatic carbocycles. The molecule has 440 valence electrons. The number of piperazine rings is 2. The van der Waals surface area contributed by atoms with E-state index < -0.39 is 11.9 Å². The predicted octanol–water partition coefficient (Wildman–Crippen LogP) is 9.43. The maximum Gasteiger partial charge on any atom is 0.348 e. The molecule has 0 radical (unpaired) electrons. The van der Waals surface area contributed by atoms with Crippen LogP contribution in [0.5, 0.6) is 0 Å². The summed E-state index contributed by atoms with van der Waals surface area (Å²) in [5.74, 6) is 1.51. The van der Waals surface area contributed by atoms with E-state index >= 15 is 0 Å². The molecule has 2 aliphatic heterocycles. The smallest absolute Gasteiger partial charge is 0.348 e. The van der Waals surface area contributed by atoms with E-state index in [0.29, 0.717) is 25.2 Å². The lowest BCUT2D eigenvalue weighted by Crippen LogP contribution is -2.47. The van der Waals surface area contributed by atoms with Crippen molar-refractivity contribution in [3.8, 4) is 22.5 Å². The number of unbranched alkanes of at least 4 members (excludes halogenated alkanes) is 2. The number of hydrogen-bond acceptors (Lipinski definition) is 14. The average Bonchev–Trinajstić information content (AvgIpc) is 3.60. The normalized spacial score (nSPS) is 14.3. The second-order valence-corrected chi connectivity index (χ2v) is 23.4. The highest BCUT2D eigenvalue weighted by Crippen LogP contribution is 2.26. The molecule has 18 nitrogen and oxygen atoms in total. The Balaban J connectivity index is 0.000000233. The second-order valence-electron chi connectivity index (χ2n) is 23.4. The molecule has 6 heterocycles. The Bertz CT molecular complexity index is 2970. The zero-order valence-electron chi connectivity index (χ0n) is 50.3. The molecule has 0 saturated carbocycles. The summed E-state index contributed by atoms with van der Waals surface area (Å²) in [7, 11) is 0. The molecule has 0 aliphatic carbocycles. The SMILES string of the molecule is CCCc1cc(N2CCN(CCCCn3ccc(-c4ccccc4C)nc3=O)CC2)nc(C(C)(C)C)n1.CCCc1cc(N2CCN(CCCCn3ccc(-c4ccccc4C)nc3=O)CC2)nc(C(C)(C)C)n1.O=C(O)C=CC(=O)O. The summed E-state index contributed by atoms with van der Waals surface area (Å²) < 4.78 is 3.46. The third-order valence-corrected chi connectivity index (χ3v) is 14.5. The highest BCUT2D eigenvalue weighted by Gasteiger charge is 2.25. The number of hydrogen-bond donors (Lipinski definition) is 2. The number of aliphatic carboxylic acids is 2. The highest BCUT2D eigenvalue weighted by atomic mass is 16.4. The maximum atomic E-state index is 12.6. The molecular formula is C64H88N12O6. The van der Waals surface area contributed by atoms with Gasteiger partial charge in [0.2, 0.25) is 0 Å². The van der Waals surface area contributed by atoms with E-state index in [9.17, 15) is 19.2 Å². The number of carboxylic acid groups (broad SMARTS) is 2. The van der Waals surface area contributed by atoms with Crippen LogP contribution in [0.25, 0.3) is 22.5 Å². The van der Waals surface area contributed by atoms with Crippen LogP contribution in [0.15, 0.2) is 107 Å². The first-order valence-electron chi connectivity index (χ1n) is 29.2. The zero-order valence-corrected chi connectivity index (χ0v) is 50.3. The van der Waals surface area contributed by atoms with E-state index in [1.807, 2.05) is 86.9 Å². The Morgan fingerprint density at radius 3 is 1.17 bits per heavy atom. The molecule has 0 bridgehead atoms. The Labute approximate surface area is 485 Å². The molecule has 6 aromatic rings. The number of rotatable bonds is 20. The fourth-order valence-corrected chi connectivity index (χ4v) is 9.73. The van der Waals surface area contributed by atoms with Crippen molar-refractivity contribution in [3.05, 3.63) is 152 Å². The molecule has 2 N–H and O–H groups in total. The van der Waals surface area contributed by atoms with Gasteiger partial charge in [-0.15, -0.1) is 0 Å². The summed E-state index contributed by atoms with van der Waals surface area (Å²) in [5, 5.41) is 15.6. The minimum atomic E-state index is -1.26. The van der Waals surface area contributed by atoms with Gasteiger partial charge in [0.05, 0.1) is 11.4 Å². The van der Waals surface area contributed by atoms with Gasteiger partial charge in [0.25, 0.3) is 0 Å². The molecule has 4 aromatic heterocycles. The molecule has 0 unspecified atom stereocenters. The first kappa shape index (κ1) is 63.7. The summed E-state index contributed by atoms with van der Waals surface area (Å²) in [5.41, 5.74) is 7.63. The van der Waals surface area contributed by atoms with Crippen molar-refractivity contribution >= 4 is 23.6 Å². The monoisotopic (exact) mass is 1120 g/mol. The molecule has 2 aliphatic rings. The summed E-state index contributed by atoms with van der Waals surface area (Å²) in [6.45, 7) is 33.2. The average molecular weight is 1120 g/mol. The number of aryl methyl sites for hydroxylation is 6. The Hall–Kier alpha value is -7.44. The number of aromatic nitrogens is 8. The first-order valence-corrected chi connectivity index (χ1v) is 29.2. The van der Waals surface area contributed by atoms with Gasteiger partial charge in [0.1, 0.15) is 23.3 Å². The molecule has 0 amide bonds. The molecule has 0 atom stereocenters. The molecule has 0 spiro atoms. The van der Waals surface area contributed by atoms with E-state index in [2.05, 4.69) is 97.1 Å². The minimum Gasteiger partial charge on any atom is -0.478 e. The summed E-state index contributed by atoms with van der Waals surface area (Å²) in [6, 6.07) is 24.4. The van der Waals surface area contributed by atoms with E-state index in [1.54, 1.807) is 9.13 Å². The van der Waals surface area contributed by atoms with Crippen molar-refractivity contribution in [3.63, 3.8) is 0 Å². The van der Waals surface area contributed by atoms with Gasteiger partial charge >= 0.3 is 23.3 Å². The molecule has 8 rings (SSSR count). The van der Waals surface area contributed by atoms with Crippen LogP contribution in [0.4, 0.5) is 11.6 Å². The van der Waals surface area contributed by atoms with Gasteiger partial charge in [-0.1, -0.05) is 117 Å². The van der Waals surface area contributed by atoms with Crippen LogP contribution in [0, 0.1) is 13.8 Å². The lowest BCUT2D eigenvalue weighted by Gasteiger charge is -2.36. The maximum absolute atomic E-state index is 12.6. The van der Waals surface area contributed by atoms with Gasteiger partial charge in [-0.2, -0.15) is 9.97 Å². The molecule has 2 saturated heterocycles. The number of anilines is 2. The van der Waals surface area contributed by atoms with Crippen LogP contribution in [0.2, 0.25) is 0 Å². The van der Waals surface area contributed by atoms with Gasteiger partial charge in [-0.3, -0.25) is 18.9 Å². The van der Waals surface area contributed by atoms with Crippen molar-refractivity contribution in [2.75, 3.05) is 75.2 Å². The molecule has 82 heavy (non-hydrogen) atoms. The van der Waals surface area contributed by atoms with Crippen LogP contribution in [0.3, 0.4) is 0 Å². The van der Waals surface area contributed by atoms with Crippen molar-refractivity contribution in [2.24, 2.45) is 0 Å². The van der Waals surface area contributed by atoms with Gasteiger partial charge in [-0.25, -0.2) is 39.1 Å². The van der Waals surface area contributed by atoms with Gasteiger partial charge in [-0.05, 0) is 88.7 Å². The molecule has 2 fully saturated rings. The quantitative estimate of drug-likeness (QED) is 0.0539. The van der Waals surface area contributed by atoms with Gasteiger partial charge in [0.15, 0.2) is 0 Å². The van der Waals surface area contributed by atoms with E-state index in [-0.39, 0.29) is 22.2 Å². The Morgan fingerprint density at radius 2 is 0.854 bits per heavy atom. The Morgan fingerprint density at radius 1 is 0.500 bits per heavy atom. The Kier molecular flexibility index (Phi) is 23.8. The number of carboxylic acids is 2. The second kappa shape index (κ2) is 30.6. The van der Waals surface area contributed by atoms with E-state index in [4.69, 9.17) is 30.1 Å². The van der Waals surface area contributed by atoms with Crippen molar-refractivity contribution < 1.29 is 19.8 Å². The van der Waals surface area contributed by atoms with E-state index in [1.165, 1.54) is 0 Å². The molecular weight excluding hydrogens is 1030 g/mol. The van der Waals surface area contributed by atoms with Crippen LogP contribution in [-0.2, 0) is 46.4 Å². The topological polar surface area (TPSA) is 209 Å². The van der Waals surface area contributed by atoms with Gasteiger partial charge in [0, 0.05) is 135 Å². The predicted molar refractivity (Wildman–Crippen MR) is 327 cm³/mol. The summed E-state index contributed by atoms with van der Waals surface area (Å²) >= 11 is 0. The number of nitrogens with zero attached hydrogens (tertiary/aromatic N) is 12. The van der Waals surface area contributed by atoms with Crippen LogP contribution < -0.4 is 21.2 Å². The van der Waals surface area contributed by atoms with Gasteiger partial charge < -0.3 is 20.0 Å². The van der Waals surface area contributed by atoms with Crippen LogP contribution in [0.1, 0.15) is 128 Å². The standard InChI is InChI=1S/2C30H42N6O.C4H4O4/c2*1-6-11-24-22-27(33-28(31-24)30(3,4)5)35-20-18-34(19-21-35)15-9-10-16-36-17-14-26(32-29(36)37)25-13-8-7-12-23(25)2;5-3(6)1-2-4(7)8/h2*7-8,12-14,17,22H,6,9-11,15-16,18-21H2,1-5H3;1-2H,(H,5,6)(H,7,8). The van der Waals surface area contributed by atoms with Crippen LogP contribution >= 0.6 is 0 Å². The number of benzene rings is 2. The fourth-order valence-electron chi connectivity index (χ4n) is 9.73. The third kappa shape index (κ3) is 19.6.